The lowest BCUT2D eigenvalue weighted by Gasteiger charge is -2.29. The summed E-state index contributed by atoms with van der Waals surface area (Å²) in [5, 5.41) is 49.2. The van der Waals surface area contributed by atoms with Gasteiger partial charge < -0.3 is 30.4 Å². The van der Waals surface area contributed by atoms with Crippen LogP contribution in [0.25, 0.3) is 0 Å². The number of rotatable bonds is 16. The Labute approximate surface area is 156 Å². The Hall–Kier alpha value is -0.770. The monoisotopic (exact) mass is 379 g/mol. The first-order valence-corrected chi connectivity index (χ1v) is 9.66. The van der Waals surface area contributed by atoms with Crippen molar-refractivity contribution in [1.82, 2.24) is 5.06 Å². The van der Waals surface area contributed by atoms with E-state index in [2.05, 4.69) is 6.92 Å². The maximum absolute atomic E-state index is 11.7. The Bertz CT molecular complexity index is 356. The van der Waals surface area contributed by atoms with Crippen LogP contribution in [0.1, 0.15) is 65.2 Å². The van der Waals surface area contributed by atoms with E-state index in [1.54, 1.807) is 0 Å². The third-order valence-corrected chi connectivity index (χ3v) is 4.16. The van der Waals surface area contributed by atoms with Gasteiger partial charge in [-0.1, -0.05) is 46.0 Å². The van der Waals surface area contributed by atoms with Crippen LogP contribution in [0.2, 0.25) is 0 Å². The standard InChI is InChI=1S/C18H37NO7/c1-3-5-6-7-8-9-11-19(26-16(23)10-4-2)12-14(21)17(24)18(25)15(22)13-20/h14-15,17-18,20-22,24-25H,3-13H2,1-2H3/t14-,15+,17+,18+/m0/s1. The number of carbonyl (C=O) groups excluding carboxylic acids is 1. The van der Waals surface area contributed by atoms with Crippen molar-refractivity contribution < 1.29 is 35.2 Å². The molecule has 0 bridgehead atoms. The molecule has 5 N–H and O–H groups in total. The minimum atomic E-state index is -1.70. The van der Waals surface area contributed by atoms with Crippen LogP contribution in [-0.2, 0) is 9.63 Å². The second-order valence-corrected chi connectivity index (χ2v) is 6.67. The summed E-state index contributed by atoms with van der Waals surface area (Å²) in [6.07, 6.45) is 0.822. The third kappa shape index (κ3) is 11.1. The van der Waals surface area contributed by atoms with Gasteiger partial charge in [0.2, 0.25) is 0 Å². The lowest BCUT2D eigenvalue weighted by molar-refractivity contribution is -0.204. The SMILES string of the molecule is CCCCCCCCN(C[C@H](O)[C@@H](O)[C@H](O)[C@H](O)CO)OC(=O)CCC. The van der Waals surface area contributed by atoms with Crippen molar-refractivity contribution in [3.63, 3.8) is 0 Å². The van der Waals surface area contributed by atoms with Gasteiger partial charge in [0.25, 0.3) is 0 Å². The molecule has 0 aromatic rings. The summed E-state index contributed by atoms with van der Waals surface area (Å²) in [6.45, 7) is 3.47. The predicted molar refractivity (Wildman–Crippen MR) is 97.1 cm³/mol. The highest BCUT2D eigenvalue weighted by Gasteiger charge is 2.31. The van der Waals surface area contributed by atoms with E-state index in [-0.39, 0.29) is 13.0 Å². The first-order chi connectivity index (χ1) is 12.4. The molecule has 0 aliphatic heterocycles. The second kappa shape index (κ2) is 15.3. The van der Waals surface area contributed by atoms with E-state index in [4.69, 9.17) is 9.94 Å². The van der Waals surface area contributed by atoms with Gasteiger partial charge in [0.15, 0.2) is 0 Å². The number of hydrogen-bond donors (Lipinski definition) is 5. The zero-order chi connectivity index (χ0) is 19.9. The number of unbranched alkanes of at least 4 members (excludes halogenated alkanes) is 5. The van der Waals surface area contributed by atoms with Crippen molar-refractivity contribution in [3.05, 3.63) is 0 Å². The van der Waals surface area contributed by atoms with Crippen LogP contribution in [0.5, 0.6) is 0 Å². The molecule has 4 atom stereocenters. The van der Waals surface area contributed by atoms with Gasteiger partial charge in [-0.3, -0.25) is 4.79 Å². The molecule has 26 heavy (non-hydrogen) atoms. The lowest BCUT2D eigenvalue weighted by Crippen LogP contribution is -2.50. The summed E-state index contributed by atoms with van der Waals surface area (Å²) in [7, 11) is 0. The van der Waals surface area contributed by atoms with Gasteiger partial charge in [0.1, 0.15) is 18.3 Å². The first kappa shape index (κ1) is 25.2. The molecule has 0 saturated carbocycles. The van der Waals surface area contributed by atoms with Crippen LogP contribution in [0, 0.1) is 0 Å². The van der Waals surface area contributed by atoms with Crippen LogP contribution < -0.4 is 0 Å². The molecular weight excluding hydrogens is 342 g/mol. The molecule has 0 aromatic carbocycles. The number of aliphatic hydroxyl groups is 5. The van der Waals surface area contributed by atoms with Gasteiger partial charge in [-0.2, -0.15) is 0 Å². The van der Waals surface area contributed by atoms with Crippen molar-refractivity contribution in [2.45, 2.75) is 89.6 Å². The van der Waals surface area contributed by atoms with Crippen molar-refractivity contribution in [3.8, 4) is 0 Å². The summed E-state index contributed by atoms with van der Waals surface area (Å²) in [4.78, 5) is 17.0. The highest BCUT2D eigenvalue weighted by Crippen LogP contribution is 2.11. The van der Waals surface area contributed by atoms with E-state index in [0.29, 0.717) is 13.0 Å². The van der Waals surface area contributed by atoms with Crippen molar-refractivity contribution in [2.24, 2.45) is 0 Å². The Kier molecular flexibility index (Phi) is 14.9. The molecule has 0 unspecified atom stereocenters. The van der Waals surface area contributed by atoms with Crippen LogP contribution >= 0.6 is 0 Å². The van der Waals surface area contributed by atoms with Gasteiger partial charge in [-0.15, -0.1) is 5.06 Å². The van der Waals surface area contributed by atoms with E-state index >= 15 is 0 Å². The van der Waals surface area contributed by atoms with Gasteiger partial charge in [0.05, 0.1) is 19.3 Å². The molecule has 8 heteroatoms. The normalized spacial score (nSPS) is 16.3. The largest absolute Gasteiger partial charge is 0.394 e. The fourth-order valence-electron chi connectivity index (χ4n) is 2.52. The summed E-state index contributed by atoms with van der Waals surface area (Å²) < 4.78 is 0. The quantitative estimate of drug-likeness (QED) is 0.192. The van der Waals surface area contributed by atoms with Crippen LogP contribution in [0.15, 0.2) is 0 Å². The summed E-state index contributed by atoms with van der Waals surface area (Å²) in [6, 6.07) is 0. The maximum atomic E-state index is 11.7. The van der Waals surface area contributed by atoms with E-state index in [1.807, 2.05) is 6.92 Å². The van der Waals surface area contributed by atoms with E-state index in [9.17, 15) is 25.2 Å². The molecule has 0 heterocycles. The highest BCUT2D eigenvalue weighted by atomic mass is 16.7. The Morgan fingerprint density at radius 3 is 2.04 bits per heavy atom. The highest BCUT2D eigenvalue weighted by molar-refractivity contribution is 5.68. The summed E-state index contributed by atoms with van der Waals surface area (Å²) >= 11 is 0. The van der Waals surface area contributed by atoms with Crippen LogP contribution in [0.3, 0.4) is 0 Å². The summed E-state index contributed by atoms with van der Waals surface area (Å²) in [5.74, 6) is -0.420. The van der Waals surface area contributed by atoms with Crippen molar-refractivity contribution in [1.29, 1.82) is 0 Å². The summed E-state index contributed by atoms with van der Waals surface area (Å²) in [5.41, 5.74) is 0. The van der Waals surface area contributed by atoms with Crippen molar-refractivity contribution in [2.75, 3.05) is 19.7 Å². The van der Waals surface area contributed by atoms with Gasteiger partial charge in [-0.05, 0) is 12.8 Å². The average Bonchev–Trinajstić information content (AvgIpc) is 2.62. The number of hydroxylamine groups is 2. The molecule has 0 radical (unpaired) electrons. The Balaban J connectivity index is 4.54. The molecule has 156 valence electrons. The number of aliphatic hydroxyl groups excluding tert-OH is 5. The zero-order valence-corrected chi connectivity index (χ0v) is 16.1. The van der Waals surface area contributed by atoms with Gasteiger partial charge >= 0.3 is 5.97 Å². The lowest BCUT2D eigenvalue weighted by atomic mass is 10.0. The molecule has 8 nitrogen and oxygen atoms in total. The molecule has 0 aromatic heterocycles. The average molecular weight is 379 g/mol. The maximum Gasteiger partial charge on any atom is 0.325 e. The predicted octanol–water partition coefficient (Wildman–Crippen LogP) is 0.343. The van der Waals surface area contributed by atoms with Gasteiger partial charge in [-0.25, -0.2) is 0 Å². The number of hydrogen-bond acceptors (Lipinski definition) is 8. The fourth-order valence-corrected chi connectivity index (χ4v) is 2.52. The van der Waals surface area contributed by atoms with E-state index < -0.39 is 37.0 Å². The smallest absolute Gasteiger partial charge is 0.325 e. The fraction of sp³-hybridized carbons (Fsp3) is 0.944. The van der Waals surface area contributed by atoms with E-state index in [1.165, 1.54) is 11.5 Å². The molecule has 0 amide bonds. The molecule has 0 spiro atoms. The van der Waals surface area contributed by atoms with Gasteiger partial charge in [0, 0.05) is 13.0 Å². The molecule has 0 rings (SSSR count). The molecule has 0 aliphatic rings. The second-order valence-electron chi connectivity index (χ2n) is 6.67. The minimum absolute atomic E-state index is 0.194. The van der Waals surface area contributed by atoms with Crippen molar-refractivity contribution >= 4 is 5.97 Å². The first-order valence-electron chi connectivity index (χ1n) is 9.66. The topological polar surface area (TPSA) is 131 Å². The molecule has 0 fully saturated rings. The number of carbonyl (C=O) groups is 1. The minimum Gasteiger partial charge on any atom is -0.394 e. The van der Waals surface area contributed by atoms with Crippen LogP contribution in [-0.4, -0.2) is 80.7 Å². The zero-order valence-electron chi connectivity index (χ0n) is 16.1. The molecular formula is C18H37NO7. The molecule has 0 aliphatic carbocycles. The Morgan fingerprint density at radius 2 is 1.46 bits per heavy atom. The van der Waals surface area contributed by atoms with Crippen LogP contribution in [0.4, 0.5) is 0 Å². The number of nitrogens with zero attached hydrogens (tertiary/aromatic N) is 1. The third-order valence-electron chi connectivity index (χ3n) is 4.16. The van der Waals surface area contributed by atoms with E-state index in [0.717, 1.165) is 32.1 Å². The Morgan fingerprint density at radius 1 is 0.885 bits per heavy atom. The molecule has 0 saturated heterocycles.